The molecule has 0 amide bonds. The van der Waals surface area contributed by atoms with Crippen molar-refractivity contribution in [3.8, 4) is 11.5 Å². The molecule has 0 unspecified atom stereocenters. The standard InChI is InChI=1S/C12H14O3/c1-8(2)10(13)5-3-9-4-6-11(14)12(15)7-9/h3-8,14-15H,1-2H3/b5-3+. The van der Waals surface area contributed by atoms with Gasteiger partial charge in [-0.15, -0.1) is 0 Å². The minimum Gasteiger partial charge on any atom is -0.504 e. The smallest absolute Gasteiger partial charge is 0.158 e. The predicted octanol–water partition coefficient (Wildman–Crippen LogP) is 2.34. The molecule has 1 aromatic carbocycles. The van der Waals surface area contributed by atoms with Gasteiger partial charge in [-0.2, -0.15) is 0 Å². The lowest BCUT2D eigenvalue weighted by Gasteiger charge is -1.99. The Hall–Kier alpha value is -1.77. The van der Waals surface area contributed by atoms with Gasteiger partial charge in [0, 0.05) is 5.92 Å². The second kappa shape index (κ2) is 4.64. The molecule has 0 aromatic heterocycles. The third kappa shape index (κ3) is 3.13. The molecule has 0 saturated carbocycles. The van der Waals surface area contributed by atoms with E-state index < -0.39 is 0 Å². The first-order chi connectivity index (χ1) is 7.00. The van der Waals surface area contributed by atoms with E-state index >= 15 is 0 Å². The molecular formula is C12H14O3. The molecule has 1 rings (SSSR count). The number of allylic oxidation sites excluding steroid dienone is 1. The second-order valence-corrected chi connectivity index (χ2v) is 3.64. The number of ketones is 1. The predicted molar refractivity (Wildman–Crippen MR) is 58.7 cm³/mol. The van der Waals surface area contributed by atoms with Crippen LogP contribution in [0, 0.1) is 5.92 Å². The van der Waals surface area contributed by atoms with Gasteiger partial charge in [0.1, 0.15) is 0 Å². The largest absolute Gasteiger partial charge is 0.504 e. The average molecular weight is 206 g/mol. The minimum atomic E-state index is -0.186. The van der Waals surface area contributed by atoms with Crippen LogP contribution in [0.15, 0.2) is 24.3 Å². The van der Waals surface area contributed by atoms with Crippen LogP contribution in [0.3, 0.4) is 0 Å². The van der Waals surface area contributed by atoms with E-state index in [2.05, 4.69) is 0 Å². The third-order valence-corrected chi connectivity index (χ3v) is 2.01. The van der Waals surface area contributed by atoms with Gasteiger partial charge in [-0.25, -0.2) is 0 Å². The fourth-order valence-corrected chi connectivity index (χ4v) is 1.01. The fraction of sp³-hybridized carbons (Fsp3) is 0.250. The van der Waals surface area contributed by atoms with Crippen molar-refractivity contribution in [3.05, 3.63) is 29.8 Å². The van der Waals surface area contributed by atoms with Gasteiger partial charge in [0.25, 0.3) is 0 Å². The molecular weight excluding hydrogens is 192 g/mol. The first-order valence-corrected chi connectivity index (χ1v) is 4.74. The number of aromatic hydroxyl groups is 2. The Morgan fingerprint density at radius 2 is 1.93 bits per heavy atom. The maximum Gasteiger partial charge on any atom is 0.158 e. The Kier molecular flexibility index (Phi) is 3.50. The Morgan fingerprint density at radius 1 is 1.27 bits per heavy atom. The average Bonchev–Trinajstić information content (AvgIpc) is 2.19. The molecule has 0 spiro atoms. The third-order valence-electron chi connectivity index (χ3n) is 2.01. The zero-order valence-electron chi connectivity index (χ0n) is 8.77. The molecule has 0 atom stereocenters. The summed E-state index contributed by atoms with van der Waals surface area (Å²) in [6.45, 7) is 3.64. The van der Waals surface area contributed by atoms with Gasteiger partial charge in [0.2, 0.25) is 0 Å². The van der Waals surface area contributed by atoms with Crippen LogP contribution >= 0.6 is 0 Å². The van der Waals surface area contributed by atoms with Crippen LogP contribution in [0.5, 0.6) is 11.5 Å². The van der Waals surface area contributed by atoms with Crippen molar-refractivity contribution in [2.45, 2.75) is 13.8 Å². The highest BCUT2D eigenvalue weighted by Crippen LogP contribution is 2.25. The number of carbonyl (C=O) groups is 1. The van der Waals surface area contributed by atoms with Gasteiger partial charge in [-0.05, 0) is 23.8 Å². The summed E-state index contributed by atoms with van der Waals surface area (Å²) in [6, 6.07) is 4.41. The van der Waals surface area contributed by atoms with Crippen LogP contribution in [-0.2, 0) is 4.79 Å². The lowest BCUT2D eigenvalue weighted by molar-refractivity contribution is -0.117. The number of benzene rings is 1. The topological polar surface area (TPSA) is 57.5 Å². The summed E-state index contributed by atoms with van der Waals surface area (Å²) in [5, 5.41) is 18.3. The molecule has 0 aliphatic heterocycles. The molecule has 0 heterocycles. The summed E-state index contributed by atoms with van der Waals surface area (Å²) in [5.41, 5.74) is 0.680. The van der Waals surface area contributed by atoms with Crippen molar-refractivity contribution in [1.29, 1.82) is 0 Å². The first-order valence-electron chi connectivity index (χ1n) is 4.74. The van der Waals surface area contributed by atoms with Gasteiger partial charge in [0.05, 0.1) is 0 Å². The van der Waals surface area contributed by atoms with Crippen molar-refractivity contribution < 1.29 is 15.0 Å². The second-order valence-electron chi connectivity index (χ2n) is 3.64. The maximum absolute atomic E-state index is 11.3. The van der Waals surface area contributed by atoms with E-state index in [1.807, 2.05) is 13.8 Å². The zero-order valence-corrected chi connectivity index (χ0v) is 8.77. The van der Waals surface area contributed by atoms with Gasteiger partial charge in [-0.1, -0.05) is 26.0 Å². The van der Waals surface area contributed by atoms with E-state index in [4.69, 9.17) is 5.11 Å². The monoisotopic (exact) mass is 206 g/mol. The molecule has 0 bridgehead atoms. The number of hydrogen-bond acceptors (Lipinski definition) is 3. The number of carbonyl (C=O) groups excluding carboxylic acids is 1. The molecule has 0 aliphatic carbocycles. The molecule has 0 saturated heterocycles. The highest BCUT2D eigenvalue weighted by Gasteiger charge is 2.02. The van der Waals surface area contributed by atoms with E-state index in [0.29, 0.717) is 5.56 Å². The zero-order chi connectivity index (χ0) is 11.4. The normalized spacial score (nSPS) is 11.1. The van der Waals surface area contributed by atoms with Gasteiger partial charge in [-0.3, -0.25) is 4.79 Å². The van der Waals surface area contributed by atoms with E-state index in [1.54, 1.807) is 12.1 Å². The summed E-state index contributed by atoms with van der Waals surface area (Å²) < 4.78 is 0. The maximum atomic E-state index is 11.3. The van der Waals surface area contributed by atoms with Gasteiger partial charge < -0.3 is 10.2 Å². The fourth-order valence-electron chi connectivity index (χ4n) is 1.01. The summed E-state index contributed by atoms with van der Waals surface area (Å²) >= 11 is 0. The Morgan fingerprint density at radius 3 is 2.47 bits per heavy atom. The Labute approximate surface area is 88.7 Å². The number of hydrogen-bond donors (Lipinski definition) is 2. The lowest BCUT2D eigenvalue weighted by atomic mass is 10.1. The van der Waals surface area contributed by atoms with Gasteiger partial charge >= 0.3 is 0 Å². The van der Waals surface area contributed by atoms with Crippen LogP contribution in [0.4, 0.5) is 0 Å². The van der Waals surface area contributed by atoms with E-state index in [0.717, 1.165) is 0 Å². The molecule has 0 fully saturated rings. The quantitative estimate of drug-likeness (QED) is 0.589. The van der Waals surface area contributed by atoms with Gasteiger partial charge in [0.15, 0.2) is 17.3 Å². The van der Waals surface area contributed by atoms with Crippen molar-refractivity contribution in [3.63, 3.8) is 0 Å². The number of rotatable bonds is 3. The van der Waals surface area contributed by atoms with E-state index in [-0.39, 0.29) is 23.2 Å². The van der Waals surface area contributed by atoms with Crippen LogP contribution < -0.4 is 0 Å². The molecule has 15 heavy (non-hydrogen) atoms. The van der Waals surface area contributed by atoms with Crippen LogP contribution in [0.25, 0.3) is 6.08 Å². The first kappa shape index (κ1) is 11.3. The van der Waals surface area contributed by atoms with Crippen molar-refractivity contribution >= 4 is 11.9 Å². The molecule has 3 heteroatoms. The Balaban J connectivity index is 2.81. The minimum absolute atomic E-state index is 0.0302. The Bertz CT molecular complexity index is 392. The number of phenolic OH excluding ortho intramolecular Hbond substituents is 2. The number of phenols is 2. The molecule has 3 nitrogen and oxygen atoms in total. The van der Waals surface area contributed by atoms with Crippen molar-refractivity contribution in [2.75, 3.05) is 0 Å². The molecule has 0 radical (unpaired) electrons. The SMILES string of the molecule is CC(C)C(=O)/C=C/c1ccc(O)c(O)c1. The molecule has 80 valence electrons. The van der Waals surface area contributed by atoms with E-state index in [9.17, 15) is 9.90 Å². The highest BCUT2D eigenvalue weighted by atomic mass is 16.3. The van der Waals surface area contributed by atoms with Crippen molar-refractivity contribution in [2.24, 2.45) is 5.92 Å². The highest BCUT2D eigenvalue weighted by molar-refractivity contribution is 5.94. The molecule has 0 aliphatic rings. The summed E-state index contributed by atoms with van der Waals surface area (Å²) in [6.07, 6.45) is 3.08. The molecule has 2 N–H and O–H groups in total. The van der Waals surface area contributed by atoms with Crippen LogP contribution in [0.1, 0.15) is 19.4 Å². The molecule has 1 aromatic rings. The summed E-state index contributed by atoms with van der Waals surface area (Å²) in [5.74, 6) is -0.356. The lowest BCUT2D eigenvalue weighted by Crippen LogP contribution is -2.01. The van der Waals surface area contributed by atoms with Crippen LogP contribution in [0.2, 0.25) is 0 Å². The van der Waals surface area contributed by atoms with Crippen molar-refractivity contribution in [1.82, 2.24) is 0 Å². The van der Waals surface area contributed by atoms with E-state index in [1.165, 1.54) is 18.2 Å². The summed E-state index contributed by atoms with van der Waals surface area (Å²) in [7, 11) is 0. The van der Waals surface area contributed by atoms with Crippen LogP contribution in [-0.4, -0.2) is 16.0 Å². The summed E-state index contributed by atoms with van der Waals surface area (Å²) in [4.78, 5) is 11.3.